The molecule has 0 spiro atoms. The number of nitriles is 1. The number of thiazole rings is 1. The fraction of sp³-hybridized carbons (Fsp3) is 0.150. The van der Waals surface area contributed by atoms with Crippen molar-refractivity contribution in [2.24, 2.45) is 0 Å². The van der Waals surface area contributed by atoms with E-state index < -0.39 is 0 Å². The minimum absolute atomic E-state index is 0.0604. The predicted molar refractivity (Wildman–Crippen MR) is 100 cm³/mol. The van der Waals surface area contributed by atoms with E-state index in [-0.39, 0.29) is 5.91 Å². The molecule has 0 saturated carbocycles. The van der Waals surface area contributed by atoms with Gasteiger partial charge < -0.3 is 5.32 Å². The van der Waals surface area contributed by atoms with Gasteiger partial charge in [0.25, 0.3) is 0 Å². The molecule has 5 heteroatoms. The van der Waals surface area contributed by atoms with Crippen LogP contribution in [0.15, 0.2) is 53.9 Å². The second-order valence-corrected chi connectivity index (χ2v) is 6.61. The van der Waals surface area contributed by atoms with Gasteiger partial charge in [-0.15, -0.1) is 11.3 Å². The molecule has 1 amide bonds. The number of anilines is 1. The summed E-state index contributed by atoms with van der Waals surface area (Å²) in [5.74, 6) is -0.0604. The summed E-state index contributed by atoms with van der Waals surface area (Å²) in [6, 6.07) is 17.1. The van der Waals surface area contributed by atoms with Gasteiger partial charge in [-0.05, 0) is 43.7 Å². The summed E-state index contributed by atoms with van der Waals surface area (Å²) in [5, 5.41) is 14.6. The van der Waals surface area contributed by atoms with Crippen LogP contribution in [0.4, 0.5) is 5.69 Å². The number of benzene rings is 2. The standard InChI is InChI=1S/C20H17N3OS/c1-14-3-2-4-16(11-14)20-23-18(13-25-20)9-10-19(24)22-17-7-5-15(12-21)6-8-17/h2-8,11,13H,9-10H2,1H3,(H,22,24). The Morgan fingerprint density at radius 2 is 2.04 bits per heavy atom. The van der Waals surface area contributed by atoms with E-state index in [1.165, 1.54) is 5.56 Å². The van der Waals surface area contributed by atoms with Gasteiger partial charge in [-0.25, -0.2) is 4.98 Å². The van der Waals surface area contributed by atoms with E-state index in [1.54, 1.807) is 35.6 Å². The second-order valence-electron chi connectivity index (χ2n) is 5.75. The maximum absolute atomic E-state index is 12.1. The summed E-state index contributed by atoms with van der Waals surface area (Å²) in [6.45, 7) is 2.06. The highest BCUT2D eigenvalue weighted by atomic mass is 32.1. The Kier molecular flexibility index (Phi) is 5.22. The summed E-state index contributed by atoms with van der Waals surface area (Å²) < 4.78 is 0. The van der Waals surface area contributed by atoms with Gasteiger partial charge in [0.2, 0.25) is 5.91 Å². The number of rotatable bonds is 5. The summed E-state index contributed by atoms with van der Waals surface area (Å²) in [5.41, 5.74) is 4.51. The molecule has 0 saturated heterocycles. The largest absolute Gasteiger partial charge is 0.326 e. The van der Waals surface area contributed by atoms with Crippen molar-refractivity contribution in [3.8, 4) is 16.6 Å². The zero-order chi connectivity index (χ0) is 17.6. The lowest BCUT2D eigenvalue weighted by atomic mass is 10.1. The van der Waals surface area contributed by atoms with E-state index in [0.29, 0.717) is 24.1 Å². The maximum Gasteiger partial charge on any atom is 0.224 e. The van der Waals surface area contributed by atoms with Crippen molar-refractivity contribution in [3.05, 3.63) is 70.7 Å². The Morgan fingerprint density at radius 3 is 2.76 bits per heavy atom. The van der Waals surface area contributed by atoms with Crippen molar-refractivity contribution in [1.29, 1.82) is 5.26 Å². The minimum atomic E-state index is -0.0604. The first-order valence-corrected chi connectivity index (χ1v) is 8.83. The van der Waals surface area contributed by atoms with Crippen LogP contribution in [0.2, 0.25) is 0 Å². The van der Waals surface area contributed by atoms with Crippen molar-refractivity contribution in [3.63, 3.8) is 0 Å². The Morgan fingerprint density at radius 1 is 1.24 bits per heavy atom. The van der Waals surface area contributed by atoms with Crippen LogP contribution in [0, 0.1) is 18.3 Å². The lowest BCUT2D eigenvalue weighted by Crippen LogP contribution is -2.12. The van der Waals surface area contributed by atoms with Gasteiger partial charge in [-0.1, -0.05) is 23.8 Å². The molecule has 0 unspecified atom stereocenters. The highest BCUT2D eigenvalue weighted by Gasteiger charge is 2.08. The molecule has 0 aliphatic heterocycles. The van der Waals surface area contributed by atoms with Crippen LogP contribution in [0.1, 0.15) is 23.2 Å². The zero-order valence-corrected chi connectivity index (χ0v) is 14.6. The smallest absolute Gasteiger partial charge is 0.224 e. The fourth-order valence-electron chi connectivity index (χ4n) is 2.43. The average molecular weight is 347 g/mol. The van der Waals surface area contributed by atoms with Crippen LogP contribution in [-0.4, -0.2) is 10.9 Å². The van der Waals surface area contributed by atoms with Crippen LogP contribution in [0.25, 0.3) is 10.6 Å². The molecule has 2 aromatic carbocycles. The molecule has 0 fully saturated rings. The normalized spacial score (nSPS) is 10.2. The molecule has 25 heavy (non-hydrogen) atoms. The maximum atomic E-state index is 12.1. The summed E-state index contributed by atoms with van der Waals surface area (Å²) in [6.07, 6.45) is 0.974. The van der Waals surface area contributed by atoms with Crippen LogP contribution in [0.5, 0.6) is 0 Å². The SMILES string of the molecule is Cc1cccc(-c2nc(CCC(=O)Nc3ccc(C#N)cc3)cs2)c1. The molecule has 1 N–H and O–H groups in total. The molecule has 0 radical (unpaired) electrons. The van der Waals surface area contributed by atoms with Crippen molar-refractivity contribution >= 4 is 22.9 Å². The summed E-state index contributed by atoms with van der Waals surface area (Å²) in [4.78, 5) is 16.7. The molecule has 1 heterocycles. The van der Waals surface area contributed by atoms with Crippen molar-refractivity contribution in [2.45, 2.75) is 19.8 Å². The number of carbonyl (C=O) groups is 1. The molecule has 3 rings (SSSR count). The van der Waals surface area contributed by atoms with E-state index in [2.05, 4.69) is 35.4 Å². The van der Waals surface area contributed by atoms with Gasteiger partial charge in [0.15, 0.2) is 0 Å². The van der Waals surface area contributed by atoms with E-state index in [4.69, 9.17) is 5.26 Å². The number of amides is 1. The Labute approximate surface area is 150 Å². The van der Waals surface area contributed by atoms with Gasteiger partial charge in [0.1, 0.15) is 5.01 Å². The monoisotopic (exact) mass is 347 g/mol. The van der Waals surface area contributed by atoms with E-state index in [0.717, 1.165) is 16.3 Å². The third-order valence-corrected chi connectivity index (χ3v) is 4.66. The molecule has 0 atom stereocenters. The van der Waals surface area contributed by atoms with Gasteiger partial charge in [0.05, 0.1) is 17.3 Å². The number of aromatic nitrogens is 1. The molecule has 4 nitrogen and oxygen atoms in total. The molecule has 124 valence electrons. The third-order valence-electron chi connectivity index (χ3n) is 3.72. The van der Waals surface area contributed by atoms with Gasteiger partial charge in [-0.3, -0.25) is 4.79 Å². The van der Waals surface area contributed by atoms with Crippen molar-refractivity contribution < 1.29 is 4.79 Å². The second kappa shape index (κ2) is 7.73. The van der Waals surface area contributed by atoms with E-state index in [1.807, 2.05) is 17.5 Å². The lowest BCUT2D eigenvalue weighted by Gasteiger charge is -2.04. The van der Waals surface area contributed by atoms with Crippen LogP contribution >= 0.6 is 11.3 Å². The predicted octanol–water partition coefficient (Wildman–Crippen LogP) is 4.56. The average Bonchev–Trinajstić information content (AvgIpc) is 3.10. The van der Waals surface area contributed by atoms with Crippen LogP contribution in [-0.2, 0) is 11.2 Å². The molecule has 0 bridgehead atoms. The molecular weight excluding hydrogens is 330 g/mol. The number of nitrogens with zero attached hydrogens (tertiary/aromatic N) is 2. The third kappa shape index (κ3) is 4.52. The topological polar surface area (TPSA) is 65.8 Å². The van der Waals surface area contributed by atoms with Crippen molar-refractivity contribution in [2.75, 3.05) is 5.32 Å². The highest BCUT2D eigenvalue weighted by Crippen LogP contribution is 2.25. The first kappa shape index (κ1) is 16.9. The molecule has 3 aromatic rings. The van der Waals surface area contributed by atoms with Gasteiger partial charge >= 0.3 is 0 Å². The number of carbonyl (C=O) groups excluding carboxylic acids is 1. The first-order chi connectivity index (χ1) is 12.1. The van der Waals surface area contributed by atoms with Crippen molar-refractivity contribution in [1.82, 2.24) is 4.98 Å². The number of aryl methyl sites for hydroxylation is 2. The van der Waals surface area contributed by atoms with Crippen LogP contribution in [0.3, 0.4) is 0 Å². The van der Waals surface area contributed by atoms with Gasteiger partial charge in [0, 0.05) is 23.1 Å². The zero-order valence-electron chi connectivity index (χ0n) is 13.8. The number of hydrogen-bond acceptors (Lipinski definition) is 4. The Bertz CT molecular complexity index is 923. The fourth-order valence-corrected chi connectivity index (χ4v) is 3.28. The quantitative estimate of drug-likeness (QED) is 0.735. The molecule has 0 aliphatic rings. The lowest BCUT2D eigenvalue weighted by molar-refractivity contribution is -0.116. The molecule has 1 aromatic heterocycles. The first-order valence-electron chi connectivity index (χ1n) is 7.95. The minimum Gasteiger partial charge on any atom is -0.326 e. The summed E-state index contributed by atoms with van der Waals surface area (Å²) in [7, 11) is 0. The number of hydrogen-bond donors (Lipinski definition) is 1. The Balaban J connectivity index is 1.56. The van der Waals surface area contributed by atoms with Crippen LogP contribution < -0.4 is 5.32 Å². The number of nitrogens with one attached hydrogen (secondary N) is 1. The van der Waals surface area contributed by atoms with E-state index in [9.17, 15) is 4.79 Å². The Hall–Kier alpha value is -2.97. The molecular formula is C20H17N3OS. The highest BCUT2D eigenvalue weighted by molar-refractivity contribution is 7.13. The van der Waals surface area contributed by atoms with E-state index >= 15 is 0 Å². The molecule has 0 aliphatic carbocycles. The van der Waals surface area contributed by atoms with Gasteiger partial charge in [-0.2, -0.15) is 5.26 Å². The summed E-state index contributed by atoms with van der Waals surface area (Å²) >= 11 is 1.60.